The highest BCUT2D eigenvalue weighted by molar-refractivity contribution is 5.90. The molecule has 104 valence electrons. The second-order valence-corrected chi connectivity index (χ2v) is 4.64. The van der Waals surface area contributed by atoms with E-state index in [0.717, 1.165) is 22.2 Å². The highest BCUT2D eigenvalue weighted by Crippen LogP contribution is 2.19. The Bertz CT molecular complexity index is 780. The molecule has 21 heavy (non-hydrogen) atoms. The van der Waals surface area contributed by atoms with Crippen molar-refractivity contribution in [2.24, 2.45) is 0 Å². The predicted octanol–water partition coefficient (Wildman–Crippen LogP) is 2.94. The van der Waals surface area contributed by atoms with Crippen LogP contribution in [0.25, 0.3) is 10.8 Å². The van der Waals surface area contributed by atoms with Crippen LogP contribution in [-0.2, 0) is 6.54 Å². The molecule has 0 bridgehead atoms. The van der Waals surface area contributed by atoms with Crippen molar-refractivity contribution in [3.8, 4) is 0 Å². The van der Waals surface area contributed by atoms with Crippen molar-refractivity contribution in [1.29, 1.82) is 0 Å². The molecule has 0 radical (unpaired) electrons. The van der Waals surface area contributed by atoms with Gasteiger partial charge in [0.15, 0.2) is 5.82 Å². The Morgan fingerprint density at radius 2 is 1.86 bits per heavy atom. The molecule has 3 aromatic rings. The van der Waals surface area contributed by atoms with E-state index in [1.54, 1.807) is 30.5 Å². The summed E-state index contributed by atoms with van der Waals surface area (Å²) in [6.45, 7) is 0.558. The number of anilines is 1. The zero-order valence-electron chi connectivity index (χ0n) is 11.2. The Labute approximate surface area is 121 Å². The number of carbonyl (C=O) groups is 1. The highest BCUT2D eigenvalue weighted by atomic mass is 16.4. The minimum absolute atomic E-state index is 0.281. The van der Waals surface area contributed by atoms with E-state index < -0.39 is 5.97 Å². The molecule has 5 heteroatoms. The summed E-state index contributed by atoms with van der Waals surface area (Å²) < 4.78 is 0. The van der Waals surface area contributed by atoms with Gasteiger partial charge < -0.3 is 10.4 Å². The van der Waals surface area contributed by atoms with Crippen molar-refractivity contribution in [3.05, 3.63) is 65.9 Å². The van der Waals surface area contributed by atoms with Crippen LogP contribution in [-0.4, -0.2) is 21.3 Å². The summed E-state index contributed by atoms with van der Waals surface area (Å²) in [5.74, 6) is -0.204. The van der Waals surface area contributed by atoms with Crippen LogP contribution in [0.15, 0.2) is 54.7 Å². The molecule has 2 aromatic carbocycles. The Morgan fingerprint density at radius 3 is 2.62 bits per heavy atom. The molecular weight excluding hydrogens is 266 g/mol. The molecule has 2 N–H and O–H groups in total. The minimum atomic E-state index is -0.922. The van der Waals surface area contributed by atoms with Crippen LogP contribution in [0.4, 0.5) is 5.82 Å². The molecule has 0 aliphatic rings. The topological polar surface area (TPSA) is 75.1 Å². The average molecular weight is 279 g/mol. The molecular formula is C16H13N3O2. The standard InChI is InChI=1S/C16H13N3O2/c20-16(21)12-7-5-11(6-8-12)9-17-15-14-4-2-1-3-13(14)10-18-19-15/h1-8,10H,9H2,(H,17,19)(H,20,21). The van der Waals surface area contributed by atoms with E-state index in [4.69, 9.17) is 5.11 Å². The SMILES string of the molecule is O=C(O)c1ccc(CNc2nncc3ccccc23)cc1. The van der Waals surface area contributed by atoms with E-state index in [9.17, 15) is 4.79 Å². The van der Waals surface area contributed by atoms with Crippen LogP contribution in [0, 0.1) is 0 Å². The number of nitrogens with one attached hydrogen (secondary N) is 1. The van der Waals surface area contributed by atoms with E-state index in [1.165, 1.54) is 0 Å². The van der Waals surface area contributed by atoms with Crippen LogP contribution in [0.5, 0.6) is 0 Å². The normalized spacial score (nSPS) is 10.5. The van der Waals surface area contributed by atoms with Gasteiger partial charge in [-0.2, -0.15) is 5.10 Å². The summed E-state index contributed by atoms with van der Waals surface area (Å²) in [4.78, 5) is 10.8. The maximum absolute atomic E-state index is 10.8. The molecule has 1 aromatic heterocycles. The largest absolute Gasteiger partial charge is 0.478 e. The van der Waals surface area contributed by atoms with Gasteiger partial charge in [0.05, 0.1) is 11.8 Å². The predicted molar refractivity (Wildman–Crippen MR) is 80.3 cm³/mol. The van der Waals surface area contributed by atoms with Gasteiger partial charge in [0.2, 0.25) is 0 Å². The number of fused-ring (bicyclic) bond motifs is 1. The zero-order chi connectivity index (χ0) is 14.7. The summed E-state index contributed by atoms with van der Waals surface area (Å²) in [5.41, 5.74) is 1.26. The Hall–Kier alpha value is -2.95. The van der Waals surface area contributed by atoms with Crippen LogP contribution >= 0.6 is 0 Å². The van der Waals surface area contributed by atoms with Gasteiger partial charge in [0.25, 0.3) is 0 Å². The minimum Gasteiger partial charge on any atom is -0.478 e. The lowest BCUT2D eigenvalue weighted by Gasteiger charge is -2.08. The molecule has 0 saturated heterocycles. The summed E-state index contributed by atoms with van der Waals surface area (Å²) in [5, 5.41) is 22.2. The Kier molecular flexibility index (Phi) is 3.47. The van der Waals surface area contributed by atoms with Crippen LogP contribution in [0.1, 0.15) is 15.9 Å². The molecule has 0 fully saturated rings. The third-order valence-corrected chi connectivity index (χ3v) is 3.23. The molecule has 0 atom stereocenters. The van der Waals surface area contributed by atoms with Gasteiger partial charge in [0.1, 0.15) is 0 Å². The number of hydrogen-bond acceptors (Lipinski definition) is 4. The summed E-state index contributed by atoms with van der Waals surface area (Å²) >= 11 is 0. The van der Waals surface area contributed by atoms with Crippen molar-refractivity contribution in [3.63, 3.8) is 0 Å². The number of hydrogen-bond donors (Lipinski definition) is 2. The number of nitrogens with zero attached hydrogens (tertiary/aromatic N) is 2. The maximum atomic E-state index is 10.8. The number of rotatable bonds is 4. The lowest BCUT2D eigenvalue weighted by molar-refractivity contribution is 0.0697. The summed E-state index contributed by atoms with van der Waals surface area (Å²) in [6.07, 6.45) is 1.72. The van der Waals surface area contributed by atoms with Crippen LogP contribution in [0.2, 0.25) is 0 Å². The molecule has 0 saturated carbocycles. The first-order valence-corrected chi connectivity index (χ1v) is 6.50. The summed E-state index contributed by atoms with van der Waals surface area (Å²) in [6, 6.07) is 14.6. The van der Waals surface area contributed by atoms with Gasteiger partial charge in [-0.25, -0.2) is 4.79 Å². The van der Waals surface area contributed by atoms with Crippen molar-refractivity contribution in [1.82, 2.24) is 10.2 Å². The quantitative estimate of drug-likeness (QED) is 0.768. The molecule has 5 nitrogen and oxygen atoms in total. The van der Waals surface area contributed by atoms with E-state index >= 15 is 0 Å². The number of benzene rings is 2. The van der Waals surface area contributed by atoms with E-state index in [0.29, 0.717) is 6.54 Å². The monoisotopic (exact) mass is 279 g/mol. The van der Waals surface area contributed by atoms with Gasteiger partial charge in [-0.05, 0) is 17.7 Å². The third-order valence-electron chi connectivity index (χ3n) is 3.23. The fourth-order valence-corrected chi connectivity index (χ4v) is 2.11. The number of carboxylic acid groups (broad SMARTS) is 1. The lowest BCUT2D eigenvalue weighted by Crippen LogP contribution is -2.03. The van der Waals surface area contributed by atoms with Crippen molar-refractivity contribution >= 4 is 22.6 Å². The van der Waals surface area contributed by atoms with Crippen molar-refractivity contribution in [2.45, 2.75) is 6.54 Å². The van der Waals surface area contributed by atoms with Gasteiger partial charge in [-0.1, -0.05) is 36.4 Å². The lowest BCUT2D eigenvalue weighted by atomic mass is 10.1. The molecule has 3 rings (SSSR count). The first-order chi connectivity index (χ1) is 10.2. The van der Waals surface area contributed by atoms with Gasteiger partial charge in [0, 0.05) is 17.3 Å². The Morgan fingerprint density at radius 1 is 1.10 bits per heavy atom. The second kappa shape index (κ2) is 5.58. The van der Waals surface area contributed by atoms with Gasteiger partial charge >= 0.3 is 5.97 Å². The fraction of sp³-hybridized carbons (Fsp3) is 0.0625. The number of aromatic nitrogens is 2. The Balaban J connectivity index is 1.79. The molecule has 0 spiro atoms. The molecule has 0 amide bonds. The van der Waals surface area contributed by atoms with Gasteiger partial charge in [-0.3, -0.25) is 0 Å². The second-order valence-electron chi connectivity index (χ2n) is 4.64. The number of aromatic carboxylic acids is 1. The third kappa shape index (κ3) is 2.81. The summed E-state index contributed by atoms with van der Waals surface area (Å²) in [7, 11) is 0. The molecule has 0 unspecified atom stereocenters. The van der Waals surface area contributed by atoms with E-state index in [2.05, 4.69) is 15.5 Å². The first kappa shape index (κ1) is 13.1. The van der Waals surface area contributed by atoms with Gasteiger partial charge in [-0.15, -0.1) is 5.10 Å². The van der Waals surface area contributed by atoms with Crippen LogP contribution < -0.4 is 5.32 Å². The van der Waals surface area contributed by atoms with Crippen molar-refractivity contribution < 1.29 is 9.90 Å². The average Bonchev–Trinajstić information content (AvgIpc) is 2.53. The molecule has 0 aliphatic heterocycles. The smallest absolute Gasteiger partial charge is 0.335 e. The maximum Gasteiger partial charge on any atom is 0.335 e. The van der Waals surface area contributed by atoms with E-state index in [1.807, 2.05) is 24.3 Å². The molecule has 1 heterocycles. The van der Waals surface area contributed by atoms with E-state index in [-0.39, 0.29) is 5.56 Å². The van der Waals surface area contributed by atoms with Crippen molar-refractivity contribution in [2.75, 3.05) is 5.32 Å². The fourth-order valence-electron chi connectivity index (χ4n) is 2.11. The molecule has 0 aliphatic carbocycles. The number of carboxylic acids is 1. The zero-order valence-corrected chi connectivity index (χ0v) is 11.2. The first-order valence-electron chi connectivity index (χ1n) is 6.50. The highest BCUT2D eigenvalue weighted by Gasteiger charge is 2.04. The van der Waals surface area contributed by atoms with Crippen LogP contribution in [0.3, 0.4) is 0 Å².